The molecule has 30 nitrogen and oxygen atoms in total. The molecule has 37 unspecified atom stereocenters. The fourth-order valence-electron chi connectivity index (χ4n) is 18.5. The van der Waals surface area contributed by atoms with Crippen LogP contribution in [0.15, 0.2) is 23.8 Å². The molecule has 6 saturated heterocycles. The van der Waals surface area contributed by atoms with Crippen LogP contribution in [0.3, 0.4) is 0 Å². The molecule has 11 aliphatic rings. The van der Waals surface area contributed by atoms with E-state index in [2.05, 4.69) is 47.3 Å². The van der Waals surface area contributed by atoms with Gasteiger partial charge in [-0.15, -0.1) is 0 Å². The van der Waals surface area contributed by atoms with Gasteiger partial charge in [0.15, 0.2) is 31.5 Å². The van der Waals surface area contributed by atoms with E-state index in [1.165, 1.54) is 13.8 Å². The predicted octanol–water partition coefficient (Wildman–Crippen LogP) is -4.16. The summed E-state index contributed by atoms with van der Waals surface area (Å²) in [7, 11) is 0. The van der Waals surface area contributed by atoms with E-state index in [9.17, 15) is 86.8 Å². The molecule has 0 radical (unpaired) electrons. The lowest BCUT2D eigenvalue weighted by atomic mass is 9.34. The average molecular weight is 1350 g/mol. The Balaban J connectivity index is 0.763. The van der Waals surface area contributed by atoms with Crippen LogP contribution in [0.2, 0.25) is 0 Å². The topological polar surface area (TPSA) is 472 Å². The number of fused-ring (bicyclic) bond motifs is 7. The number of esters is 1. The molecule has 6 aliphatic heterocycles. The van der Waals surface area contributed by atoms with Gasteiger partial charge in [0.1, 0.15) is 128 Å². The third-order valence-electron chi connectivity index (χ3n) is 24.6. The molecule has 30 heteroatoms. The second kappa shape index (κ2) is 27.6. The lowest BCUT2D eigenvalue weighted by Crippen LogP contribution is -2.66. The lowest BCUT2D eigenvalue weighted by Gasteiger charge is -2.71. The Hall–Kier alpha value is -2.17. The molecule has 5 aliphatic carbocycles. The van der Waals surface area contributed by atoms with Crippen LogP contribution in [0.4, 0.5) is 0 Å². The van der Waals surface area contributed by atoms with Crippen molar-refractivity contribution < 1.29 is 148 Å². The quantitative estimate of drug-likeness (QED) is 0.0420. The van der Waals surface area contributed by atoms with Crippen LogP contribution >= 0.6 is 0 Å². The summed E-state index contributed by atoms with van der Waals surface area (Å²) in [6.07, 6.45) is -39.4. The summed E-state index contributed by atoms with van der Waals surface area (Å²) in [6.45, 7) is 16.1. The summed E-state index contributed by atoms with van der Waals surface area (Å²) in [5.41, 5.74) is -0.522. The molecule has 94 heavy (non-hydrogen) atoms. The maximum Gasteiger partial charge on any atom is 0.315 e. The number of rotatable bonds is 15. The van der Waals surface area contributed by atoms with Gasteiger partial charge in [-0.05, 0) is 112 Å². The van der Waals surface area contributed by atoms with E-state index in [1.807, 2.05) is 0 Å². The summed E-state index contributed by atoms with van der Waals surface area (Å²) in [5.74, 6) is -0.794. The van der Waals surface area contributed by atoms with Crippen LogP contribution in [-0.2, 0) is 61.6 Å². The third-order valence-corrected chi connectivity index (χ3v) is 24.6. The molecule has 4 saturated carbocycles. The summed E-state index contributed by atoms with van der Waals surface area (Å²) in [6, 6.07) is 0. The van der Waals surface area contributed by atoms with Gasteiger partial charge in [-0.1, -0.05) is 58.4 Å². The average Bonchev–Trinajstić information content (AvgIpc) is 0.677. The number of hydrogen-bond acceptors (Lipinski definition) is 30. The fraction of sp³-hybridized carbons (Fsp3) is 0.922. The van der Waals surface area contributed by atoms with Gasteiger partial charge in [0.05, 0.1) is 50.2 Å². The number of carbonyl (C=O) groups is 1. The Morgan fingerprint density at radius 1 is 0.532 bits per heavy atom. The van der Waals surface area contributed by atoms with Crippen molar-refractivity contribution in [2.24, 2.45) is 44.8 Å². The van der Waals surface area contributed by atoms with Crippen LogP contribution in [0, 0.1) is 44.8 Å². The molecule has 0 aromatic carbocycles. The standard InChI is InChI=1S/C64H102O30/c1-24-11-16-64(59(82)94-56-48(80)43(75)40(72)32(89-56)23-84-53-49(81)45(77)50(31(21-66)88-53)91-54-46(78)41(73)36(68)25(2)85-54)18-17-62(7)27(28(64)19-24)9-10-34-61(6)14-13-35(60(4,5)33(61)12-15-63(34,62)8)90-57-51(38(70)29(67)22-83-57)93-58-52(44(76)37(69)26(3)86-58)92-55-47(79)42(74)39(71)30(20-65)87-55/h9,25-26,28-58,65-81H,1,10-23H2,2-8H3. The van der Waals surface area contributed by atoms with E-state index in [0.29, 0.717) is 44.9 Å². The number of carbonyl (C=O) groups excluding carboxylic acids is 1. The van der Waals surface area contributed by atoms with Crippen LogP contribution < -0.4 is 0 Å². The van der Waals surface area contributed by atoms with Crippen molar-refractivity contribution in [2.75, 3.05) is 26.4 Å². The Morgan fingerprint density at radius 3 is 1.74 bits per heavy atom. The Labute approximate surface area is 544 Å². The molecule has 37 atom stereocenters. The van der Waals surface area contributed by atoms with Crippen molar-refractivity contribution in [1.82, 2.24) is 0 Å². The van der Waals surface area contributed by atoms with Gasteiger partial charge in [-0.3, -0.25) is 4.79 Å². The molecule has 0 aromatic heterocycles. The van der Waals surface area contributed by atoms with Crippen molar-refractivity contribution in [3.05, 3.63) is 23.8 Å². The molecule has 10 fully saturated rings. The number of ether oxygens (including phenoxy) is 12. The highest BCUT2D eigenvalue weighted by Gasteiger charge is 2.70. The Morgan fingerprint density at radius 2 is 1.07 bits per heavy atom. The maximum atomic E-state index is 15.2. The first-order chi connectivity index (χ1) is 44.2. The highest BCUT2D eigenvalue weighted by Crippen LogP contribution is 2.76. The van der Waals surface area contributed by atoms with Crippen molar-refractivity contribution in [1.29, 1.82) is 0 Å². The highest BCUT2D eigenvalue weighted by molar-refractivity contribution is 5.79. The van der Waals surface area contributed by atoms with Gasteiger partial charge < -0.3 is 144 Å². The monoisotopic (exact) mass is 1350 g/mol. The van der Waals surface area contributed by atoms with Crippen LogP contribution in [0.25, 0.3) is 0 Å². The van der Waals surface area contributed by atoms with E-state index >= 15 is 4.79 Å². The molecule has 0 spiro atoms. The third kappa shape index (κ3) is 12.4. The van der Waals surface area contributed by atoms with E-state index in [-0.39, 0.29) is 35.2 Å². The van der Waals surface area contributed by atoms with E-state index in [1.54, 1.807) is 0 Å². The van der Waals surface area contributed by atoms with Crippen LogP contribution in [0.5, 0.6) is 0 Å². The summed E-state index contributed by atoms with van der Waals surface area (Å²) < 4.78 is 71.8. The molecule has 538 valence electrons. The van der Waals surface area contributed by atoms with E-state index in [4.69, 9.17) is 56.8 Å². The number of aliphatic hydroxyl groups excluding tert-OH is 17. The molecular weight excluding hydrogens is 1250 g/mol. The minimum absolute atomic E-state index is 0.0768. The molecule has 0 aromatic rings. The molecule has 0 bridgehead atoms. The van der Waals surface area contributed by atoms with Crippen LogP contribution in [0.1, 0.15) is 113 Å². The molecule has 17 N–H and O–H groups in total. The first-order valence-electron chi connectivity index (χ1n) is 33.3. The maximum absolute atomic E-state index is 15.2. The molecular formula is C64H102O30. The zero-order valence-electron chi connectivity index (χ0n) is 54.1. The van der Waals surface area contributed by atoms with Gasteiger partial charge in [0, 0.05) is 5.92 Å². The van der Waals surface area contributed by atoms with Gasteiger partial charge in [0.25, 0.3) is 0 Å². The predicted molar refractivity (Wildman–Crippen MR) is 315 cm³/mol. The second-order valence-electron chi connectivity index (χ2n) is 30.0. The zero-order chi connectivity index (χ0) is 68.4. The SMILES string of the molecule is C=C1CCC2(C(=O)OC3OC(COC4OC(CO)C(OC5OC(C)C(O)C(O)C5O)C(O)C4O)C(O)C(O)C3O)CCC3(C)C(=CCC4C5(C)CCC(OC6OCC(O)C(O)C6OC6OC(C)C(O)C(O)C6OC6OC(CO)C(O)C(O)C6O)C(C)(C)C5CCC43C)C2C1. The van der Waals surface area contributed by atoms with Crippen molar-refractivity contribution in [3.63, 3.8) is 0 Å². The Kier molecular flexibility index (Phi) is 21.5. The van der Waals surface area contributed by atoms with E-state index < -0.39 is 226 Å². The smallest absolute Gasteiger partial charge is 0.315 e. The largest absolute Gasteiger partial charge is 0.432 e. The van der Waals surface area contributed by atoms with Gasteiger partial charge in [0.2, 0.25) is 6.29 Å². The van der Waals surface area contributed by atoms with Crippen molar-refractivity contribution in [3.8, 4) is 0 Å². The molecule has 6 heterocycles. The van der Waals surface area contributed by atoms with Crippen molar-refractivity contribution >= 4 is 5.97 Å². The molecule has 11 rings (SSSR count). The first kappa shape index (κ1) is 73.1. The minimum Gasteiger partial charge on any atom is -0.432 e. The van der Waals surface area contributed by atoms with E-state index in [0.717, 1.165) is 30.4 Å². The van der Waals surface area contributed by atoms with Gasteiger partial charge in [-0.25, -0.2) is 0 Å². The zero-order valence-corrected chi connectivity index (χ0v) is 54.1. The summed E-state index contributed by atoms with van der Waals surface area (Å²) in [5, 5.41) is 184. The second-order valence-corrected chi connectivity index (χ2v) is 30.0. The Bertz CT molecular complexity index is 2670. The van der Waals surface area contributed by atoms with Crippen molar-refractivity contribution in [2.45, 2.75) is 297 Å². The minimum atomic E-state index is -1.92. The molecule has 0 amide bonds. The van der Waals surface area contributed by atoms with Gasteiger partial charge >= 0.3 is 5.97 Å². The highest BCUT2D eigenvalue weighted by atomic mass is 16.8. The number of allylic oxidation sites excluding steroid dienone is 3. The number of hydrogen-bond donors (Lipinski definition) is 17. The van der Waals surface area contributed by atoms with Gasteiger partial charge in [-0.2, -0.15) is 0 Å². The first-order valence-corrected chi connectivity index (χ1v) is 33.3. The fourth-order valence-corrected chi connectivity index (χ4v) is 18.5. The summed E-state index contributed by atoms with van der Waals surface area (Å²) >= 11 is 0. The summed E-state index contributed by atoms with van der Waals surface area (Å²) in [4.78, 5) is 15.2. The van der Waals surface area contributed by atoms with Crippen LogP contribution in [-0.4, -0.2) is 303 Å². The lowest BCUT2D eigenvalue weighted by molar-refractivity contribution is -0.390. The number of aliphatic hydroxyl groups is 17. The normalized spacial score (nSPS) is 54.5.